The number of pyridine rings is 1. The molecule has 1 N–H and O–H groups in total. The number of rotatable bonds is 5. The molecule has 0 atom stereocenters. The van der Waals surface area contributed by atoms with Crippen LogP contribution < -0.4 is 5.32 Å². The van der Waals surface area contributed by atoms with Crippen LogP contribution in [0.25, 0.3) is 11.5 Å². The molecule has 0 spiro atoms. The zero-order valence-electron chi connectivity index (χ0n) is 12.6. The van der Waals surface area contributed by atoms with E-state index in [1.165, 1.54) is 0 Å². The van der Waals surface area contributed by atoms with Crippen LogP contribution in [0.1, 0.15) is 38.8 Å². The Morgan fingerprint density at radius 3 is 2.65 bits per heavy atom. The van der Waals surface area contributed by atoms with Gasteiger partial charge in [0.1, 0.15) is 0 Å². The summed E-state index contributed by atoms with van der Waals surface area (Å²) in [4.78, 5) is 4.23. The lowest BCUT2D eigenvalue weighted by molar-refractivity contribution is 0.412. The van der Waals surface area contributed by atoms with Crippen LogP contribution in [0.3, 0.4) is 0 Å². The molecule has 0 aliphatic carbocycles. The Hall–Kier alpha value is -1.75. The van der Waals surface area contributed by atoms with Crippen molar-refractivity contribution in [1.29, 1.82) is 0 Å². The second-order valence-electron chi connectivity index (χ2n) is 5.97. The van der Waals surface area contributed by atoms with E-state index in [0.29, 0.717) is 11.8 Å². The molecule has 2 heterocycles. The van der Waals surface area contributed by atoms with Crippen molar-refractivity contribution in [3.8, 4) is 11.5 Å². The maximum atomic E-state index is 5.65. The summed E-state index contributed by atoms with van der Waals surface area (Å²) in [6.07, 6.45) is 3.52. The summed E-state index contributed by atoms with van der Waals surface area (Å²) in [7, 11) is 0. The summed E-state index contributed by atoms with van der Waals surface area (Å²) in [6.45, 7) is 9.35. The molecule has 2 aromatic rings. The van der Waals surface area contributed by atoms with Crippen LogP contribution in [0.2, 0.25) is 0 Å². The summed E-state index contributed by atoms with van der Waals surface area (Å²) in [5.41, 5.74) is 1.98. The highest BCUT2D eigenvalue weighted by molar-refractivity contribution is 5.50. The van der Waals surface area contributed by atoms with Crippen molar-refractivity contribution in [2.45, 2.75) is 46.1 Å². The van der Waals surface area contributed by atoms with Gasteiger partial charge in [-0.05, 0) is 52.8 Å². The second-order valence-corrected chi connectivity index (χ2v) is 5.97. The molecule has 0 saturated heterocycles. The first-order valence-electron chi connectivity index (χ1n) is 6.94. The number of nitrogens with zero attached hydrogens (tertiary/aromatic N) is 3. The van der Waals surface area contributed by atoms with E-state index >= 15 is 0 Å². The van der Waals surface area contributed by atoms with E-state index in [9.17, 15) is 0 Å². The molecule has 0 aromatic carbocycles. The van der Waals surface area contributed by atoms with Gasteiger partial charge in [-0.2, -0.15) is 0 Å². The fourth-order valence-corrected chi connectivity index (χ4v) is 1.77. The van der Waals surface area contributed by atoms with Crippen LogP contribution in [-0.2, 0) is 6.42 Å². The van der Waals surface area contributed by atoms with Gasteiger partial charge in [-0.1, -0.05) is 0 Å². The predicted molar refractivity (Wildman–Crippen MR) is 78.3 cm³/mol. The van der Waals surface area contributed by atoms with Gasteiger partial charge in [0.25, 0.3) is 0 Å². The molecule has 0 radical (unpaired) electrons. The molecule has 0 fully saturated rings. The Morgan fingerprint density at radius 1 is 1.20 bits per heavy atom. The average Bonchev–Trinajstić information content (AvgIpc) is 2.83. The molecular weight excluding hydrogens is 252 g/mol. The number of aromatic nitrogens is 3. The van der Waals surface area contributed by atoms with Crippen molar-refractivity contribution in [3.63, 3.8) is 0 Å². The molecule has 0 amide bonds. The van der Waals surface area contributed by atoms with Crippen molar-refractivity contribution in [2.24, 2.45) is 0 Å². The topological polar surface area (TPSA) is 63.8 Å². The maximum absolute atomic E-state index is 5.65. The Morgan fingerprint density at radius 2 is 2.00 bits per heavy atom. The van der Waals surface area contributed by atoms with Gasteiger partial charge in [0.2, 0.25) is 11.8 Å². The highest BCUT2D eigenvalue weighted by atomic mass is 16.4. The van der Waals surface area contributed by atoms with E-state index in [-0.39, 0.29) is 5.54 Å². The predicted octanol–water partition coefficient (Wildman–Crippen LogP) is 2.76. The van der Waals surface area contributed by atoms with E-state index in [1.54, 1.807) is 6.20 Å². The van der Waals surface area contributed by atoms with Crippen molar-refractivity contribution in [2.75, 3.05) is 6.54 Å². The molecule has 0 saturated carbocycles. The van der Waals surface area contributed by atoms with E-state index in [2.05, 4.69) is 41.3 Å². The van der Waals surface area contributed by atoms with Crippen LogP contribution >= 0.6 is 0 Å². The molecule has 0 bridgehead atoms. The fourth-order valence-electron chi connectivity index (χ4n) is 1.77. The zero-order valence-corrected chi connectivity index (χ0v) is 12.6. The van der Waals surface area contributed by atoms with Gasteiger partial charge >= 0.3 is 0 Å². The van der Waals surface area contributed by atoms with Gasteiger partial charge in [-0.15, -0.1) is 10.2 Å². The lowest BCUT2D eigenvalue weighted by atomic mass is 10.1. The maximum Gasteiger partial charge on any atom is 0.249 e. The van der Waals surface area contributed by atoms with Crippen LogP contribution in [0.5, 0.6) is 0 Å². The number of aryl methyl sites for hydroxylation is 2. The van der Waals surface area contributed by atoms with Gasteiger partial charge in [-0.25, -0.2) is 0 Å². The summed E-state index contributed by atoms with van der Waals surface area (Å²) < 4.78 is 5.65. The summed E-state index contributed by atoms with van der Waals surface area (Å²) in [5, 5.41) is 11.6. The third-order valence-electron chi connectivity index (χ3n) is 2.85. The number of nitrogens with one attached hydrogen (secondary N) is 1. The van der Waals surface area contributed by atoms with Gasteiger partial charge in [-0.3, -0.25) is 4.98 Å². The smallest absolute Gasteiger partial charge is 0.249 e. The normalized spacial score (nSPS) is 11.8. The molecule has 0 unspecified atom stereocenters. The third-order valence-corrected chi connectivity index (χ3v) is 2.85. The van der Waals surface area contributed by atoms with E-state index in [0.717, 1.165) is 30.6 Å². The SMILES string of the molecule is Cc1ccc(-c2nnc(CCCNC(C)(C)C)o2)cn1. The Balaban J connectivity index is 1.88. The zero-order chi connectivity index (χ0) is 14.6. The minimum atomic E-state index is 0.146. The van der Waals surface area contributed by atoms with Gasteiger partial charge < -0.3 is 9.73 Å². The Kier molecular flexibility index (Phi) is 4.49. The van der Waals surface area contributed by atoms with E-state index in [4.69, 9.17) is 4.42 Å². The third kappa shape index (κ3) is 4.42. The van der Waals surface area contributed by atoms with Crippen LogP contribution in [0.15, 0.2) is 22.7 Å². The van der Waals surface area contributed by atoms with Crippen LogP contribution in [0, 0.1) is 6.92 Å². The minimum Gasteiger partial charge on any atom is -0.421 e. The molecule has 2 rings (SSSR count). The first kappa shape index (κ1) is 14.7. The van der Waals surface area contributed by atoms with Crippen molar-refractivity contribution >= 4 is 0 Å². The van der Waals surface area contributed by atoms with Crippen molar-refractivity contribution in [3.05, 3.63) is 29.9 Å². The Bertz CT molecular complexity index is 540. The second kappa shape index (κ2) is 6.13. The van der Waals surface area contributed by atoms with Crippen LogP contribution in [0.4, 0.5) is 0 Å². The molecule has 0 aliphatic rings. The first-order chi connectivity index (χ1) is 9.44. The molecule has 108 valence electrons. The largest absolute Gasteiger partial charge is 0.421 e. The monoisotopic (exact) mass is 274 g/mol. The molecule has 5 heteroatoms. The number of hydrogen-bond donors (Lipinski definition) is 1. The van der Waals surface area contributed by atoms with Gasteiger partial charge in [0.15, 0.2) is 0 Å². The van der Waals surface area contributed by atoms with Crippen molar-refractivity contribution < 1.29 is 4.42 Å². The highest BCUT2D eigenvalue weighted by Gasteiger charge is 2.10. The summed E-state index contributed by atoms with van der Waals surface area (Å²) in [6, 6.07) is 3.88. The molecule has 0 aliphatic heterocycles. The van der Waals surface area contributed by atoms with Gasteiger partial charge in [0.05, 0.1) is 5.56 Å². The summed E-state index contributed by atoms with van der Waals surface area (Å²) in [5.74, 6) is 1.22. The standard InChI is InChI=1S/C15H22N4O/c1-11-7-8-12(10-16-11)14-19-18-13(20-14)6-5-9-17-15(2,3)4/h7-8,10,17H,5-6,9H2,1-4H3. The van der Waals surface area contributed by atoms with Crippen molar-refractivity contribution in [1.82, 2.24) is 20.5 Å². The first-order valence-corrected chi connectivity index (χ1v) is 6.94. The molecule has 20 heavy (non-hydrogen) atoms. The lowest BCUT2D eigenvalue weighted by Crippen LogP contribution is -2.36. The van der Waals surface area contributed by atoms with E-state index in [1.807, 2.05) is 19.1 Å². The number of hydrogen-bond acceptors (Lipinski definition) is 5. The van der Waals surface area contributed by atoms with Crippen LogP contribution in [-0.4, -0.2) is 27.3 Å². The van der Waals surface area contributed by atoms with E-state index < -0.39 is 0 Å². The fraction of sp³-hybridized carbons (Fsp3) is 0.533. The molecule has 2 aromatic heterocycles. The lowest BCUT2D eigenvalue weighted by Gasteiger charge is -2.19. The molecular formula is C15H22N4O. The minimum absolute atomic E-state index is 0.146. The average molecular weight is 274 g/mol. The summed E-state index contributed by atoms with van der Waals surface area (Å²) >= 11 is 0. The Labute approximate surface area is 119 Å². The highest BCUT2D eigenvalue weighted by Crippen LogP contribution is 2.17. The van der Waals surface area contributed by atoms with Gasteiger partial charge in [0, 0.05) is 23.9 Å². The quantitative estimate of drug-likeness (QED) is 0.849. The molecule has 5 nitrogen and oxygen atoms in total.